The van der Waals surface area contributed by atoms with Gasteiger partial charge in [0.1, 0.15) is 0 Å². The number of hydroxylamine groups is 2. The molecule has 1 aromatic rings. The molecule has 1 spiro atoms. The minimum absolute atomic E-state index is 0.0547. The molecule has 1 saturated heterocycles. The minimum atomic E-state index is -0.175. The molecular weight excluding hydrogens is 266 g/mol. The van der Waals surface area contributed by atoms with E-state index in [4.69, 9.17) is 16.4 Å². The summed E-state index contributed by atoms with van der Waals surface area (Å²) >= 11 is 5.93. The topological polar surface area (TPSA) is 52.9 Å². The van der Waals surface area contributed by atoms with Gasteiger partial charge in [0.15, 0.2) is 0 Å². The molecule has 3 unspecified atom stereocenters. The second-order valence-corrected chi connectivity index (χ2v) is 5.90. The smallest absolute Gasteiger partial charge is 0.0768 e. The van der Waals surface area contributed by atoms with Crippen molar-refractivity contribution in [2.45, 2.75) is 6.04 Å². The van der Waals surface area contributed by atoms with Crippen LogP contribution in [0.1, 0.15) is 11.6 Å². The van der Waals surface area contributed by atoms with Crippen molar-refractivity contribution >= 4 is 11.6 Å². The molecule has 1 aliphatic heterocycles. The van der Waals surface area contributed by atoms with Crippen molar-refractivity contribution in [3.05, 3.63) is 34.9 Å². The van der Waals surface area contributed by atoms with Crippen molar-refractivity contribution in [3.63, 3.8) is 0 Å². The molecule has 2 N–H and O–H groups in total. The van der Waals surface area contributed by atoms with Gasteiger partial charge in [-0.2, -0.15) is 5.06 Å². The zero-order valence-electron chi connectivity index (χ0n) is 10.8. The maximum atomic E-state index is 9.52. The highest BCUT2D eigenvalue weighted by Gasteiger charge is 2.71. The van der Waals surface area contributed by atoms with E-state index in [9.17, 15) is 10.2 Å². The fraction of sp³-hybridized carbons (Fsp3) is 0.571. The molecule has 2 fully saturated rings. The van der Waals surface area contributed by atoms with Crippen LogP contribution in [-0.2, 0) is 4.84 Å². The number of hydrogen-bond acceptors (Lipinski definition) is 4. The predicted molar refractivity (Wildman–Crippen MR) is 71.5 cm³/mol. The van der Waals surface area contributed by atoms with Crippen LogP contribution >= 0.6 is 11.6 Å². The number of benzene rings is 1. The highest BCUT2D eigenvalue weighted by Crippen LogP contribution is 2.68. The van der Waals surface area contributed by atoms with E-state index in [1.54, 1.807) is 0 Å². The third-order valence-corrected chi connectivity index (χ3v) is 4.98. The summed E-state index contributed by atoms with van der Waals surface area (Å²) in [6.45, 7) is 0.728. The summed E-state index contributed by atoms with van der Waals surface area (Å²) in [7, 11) is 1.90. The van der Waals surface area contributed by atoms with Crippen molar-refractivity contribution < 1.29 is 15.1 Å². The van der Waals surface area contributed by atoms with Crippen LogP contribution in [0.25, 0.3) is 0 Å². The van der Waals surface area contributed by atoms with Crippen LogP contribution in [0.15, 0.2) is 24.3 Å². The van der Waals surface area contributed by atoms with Gasteiger partial charge in [0.05, 0.1) is 12.6 Å². The molecule has 1 aliphatic carbocycles. The quantitative estimate of drug-likeness (QED) is 0.882. The Morgan fingerprint density at radius 3 is 2.37 bits per heavy atom. The molecule has 1 saturated carbocycles. The van der Waals surface area contributed by atoms with Crippen LogP contribution in [0, 0.1) is 17.3 Å². The zero-order valence-corrected chi connectivity index (χ0v) is 11.5. The van der Waals surface area contributed by atoms with Gasteiger partial charge in [0.25, 0.3) is 0 Å². The van der Waals surface area contributed by atoms with Gasteiger partial charge in [-0.3, -0.25) is 4.84 Å². The average Bonchev–Trinajstić information content (AvgIpc) is 2.92. The lowest BCUT2D eigenvalue weighted by Gasteiger charge is -2.24. The Balaban J connectivity index is 1.96. The zero-order chi connectivity index (χ0) is 13.6. The van der Waals surface area contributed by atoms with Crippen LogP contribution in [0.5, 0.6) is 0 Å². The standard InChI is InChI=1S/C14H18ClNO3/c1-16-13(9-2-4-10(15)5-3-9)14(8-19-16)11(6-17)12(14)7-18/h2-5,11-13,17-18H,6-8H2,1H3. The molecular formula is C14H18ClNO3. The fourth-order valence-corrected chi connectivity index (χ4v) is 3.84. The first-order valence-corrected chi connectivity index (χ1v) is 6.86. The summed E-state index contributed by atoms with van der Waals surface area (Å²) in [6.07, 6.45) is 0. The van der Waals surface area contributed by atoms with E-state index >= 15 is 0 Å². The Bertz CT molecular complexity index is 454. The molecule has 1 heterocycles. The summed E-state index contributed by atoms with van der Waals surface area (Å²) < 4.78 is 0. The van der Waals surface area contributed by atoms with E-state index < -0.39 is 0 Å². The van der Waals surface area contributed by atoms with Gasteiger partial charge >= 0.3 is 0 Å². The second-order valence-electron chi connectivity index (χ2n) is 5.46. The monoisotopic (exact) mass is 283 g/mol. The van der Waals surface area contributed by atoms with E-state index in [2.05, 4.69) is 0 Å². The van der Waals surface area contributed by atoms with E-state index in [0.717, 1.165) is 5.56 Å². The first-order valence-electron chi connectivity index (χ1n) is 6.48. The van der Waals surface area contributed by atoms with Crippen LogP contribution in [-0.4, -0.2) is 42.1 Å². The normalized spacial score (nSPS) is 38.0. The Labute approximate surface area is 117 Å². The fourth-order valence-electron chi connectivity index (χ4n) is 3.71. The maximum absolute atomic E-state index is 9.52. The summed E-state index contributed by atoms with van der Waals surface area (Å²) in [5.74, 6) is 0.200. The first-order chi connectivity index (χ1) is 9.15. The highest BCUT2D eigenvalue weighted by atomic mass is 35.5. The highest BCUT2D eigenvalue weighted by molar-refractivity contribution is 6.30. The SMILES string of the molecule is CN1OCC2(C(CO)C2CO)C1c1ccc(Cl)cc1. The van der Waals surface area contributed by atoms with Crippen LogP contribution in [0.4, 0.5) is 0 Å². The van der Waals surface area contributed by atoms with Crippen molar-refractivity contribution in [2.24, 2.45) is 17.3 Å². The van der Waals surface area contributed by atoms with E-state index in [1.807, 2.05) is 36.4 Å². The molecule has 4 nitrogen and oxygen atoms in total. The number of hydrogen-bond donors (Lipinski definition) is 2. The number of aliphatic hydroxyl groups excluding tert-OH is 2. The van der Waals surface area contributed by atoms with Gasteiger partial charge in [0, 0.05) is 30.7 Å². The predicted octanol–water partition coefficient (Wildman–Crippen LogP) is 1.48. The van der Waals surface area contributed by atoms with Crippen molar-refractivity contribution in [1.29, 1.82) is 0 Å². The lowest BCUT2D eigenvalue weighted by molar-refractivity contribution is -0.110. The minimum Gasteiger partial charge on any atom is -0.396 e. The third kappa shape index (κ3) is 1.82. The maximum Gasteiger partial charge on any atom is 0.0768 e. The number of halogens is 1. The average molecular weight is 284 g/mol. The van der Waals surface area contributed by atoms with Gasteiger partial charge in [-0.1, -0.05) is 23.7 Å². The molecule has 2 aliphatic rings. The van der Waals surface area contributed by atoms with Crippen LogP contribution in [0.3, 0.4) is 0 Å². The van der Waals surface area contributed by atoms with Crippen molar-refractivity contribution in [1.82, 2.24) is 5.06 Å². The molecule has 104 valence electrons. The van der Waals surface area contributed by atoms with Gasteiger partial charge in [-0.15, -0.1) is 0 Å². The summed E-state index contributed by atoms with van der Waals surface area (Å²) in [5.41, 5.74) is 0.935. The van der Waals surface area contributed by atoms with Crippen LogP contribution in [0.2, 0.25) is 5.02 Å². The van der Waals surface area contributed by atoms with Gasteiger partial charge in [-0.05, 0) is 29.5 Å². The first kappa shape index (κ1) is 13.3. The molecule has 0 amide bonds. The summed E-state index contributed by atoms with van der Waals surface area (Å²) in [4.78, 5) is 5.67. The molecule has 19 heavy (non-hydrogen) atoms. The lowest BCUT2D eigenvalue weighted by Crippen LogP contribution is -2.24. The van der Waals surface area contributed by atoms with Gasteiger partial charge < -0.3 is 10.2 Å². The largest absolute Gasteiger partial charge is 0.396 e. The third-order valence-electron chi connectivity index (χ3n) is 4.73. The Morgan fingerprint density at radius 1 is 1.26 bits per heavy atom. The summed E-state index contributed by atoms with van der Waals surface area (Å²) in [6, 6.07) is 7.75. The Hall–Kier alpha value is -0.650. The molecule has 0 bridgehead atoms. The molecule has 1 aromatic carbocycles. The molecule has 3 atom stereocenters. The number of nitrogens with zero attached hydrogens (tertiary/aromatic N) is 1. The Kier molecular flexibility index (Phi) is 3.31. The molecule has 0 aromatic heterocycles. The van der Waals surface area contributed by atoms with Gasteiger partial charge in [-0.25, -0.2) is 0 Å². The number of rotatable bonds is 3. The van der Waals surface area contributed by atoms with Crippen molar-refractivity contribution in [3.8, 4) is 0 Å². The van der Waals surface area contributed by atoms with Crippen molar-refractivity contribution in [2.75, 3.05) is 26.9 Å². The van der Waals surface area contributed by atoms with Crippen LogP contribution < -0.4 is 0 Å². The molecule has 5 heteroatoms. The van der Waals surface area contributed by atoms with E-state index in [1.165, 1.54) is 0 Å². The number of aliphatic hydroxyl groups is 2. The lowest BCUT2D eigenvalue weighted by atomic mass is 9.88. The second kappa shape index (κ2) is 4.72. The summed E-state index contributed by atoms with van der Waals surface area (Å²) in [5, 5.41) is 21.6. The van der Waals surface area contributed by atoms with Gasteiger partial charge in [0.2, 0.25) is 0 Å². The van der Waals surface area contributed by atoms with E-state index in [-0.39, 0.29) is 36.5 Å². The van der Waals surface area contributed by atoms with E-state index in [0.29, 0.717) is 11.6 Å². The molecule has 0 radical (unpaired) electrons. The Morgan fingerprint density at radius 2 is 1.84 bits per heavy atom. The molecule has 3 rings (SSSR count).